The van der Waals surface area contributed by atoms with Crippen molar-refractivity contribution < 1.29 is 4.79 Å². The molecular weight excluding hydrogens is 361 g/mol. The Bertz CT molecular complexity index is 952. The standard InChI is InChI=1S/C19H13Cl2NOS/c20-14-8-7-12(9-15(14)21)19-22-16-6-2-4-11-3-1-5-13(18(11)16)17(23)10-24-19/h1-9,19,22H,10H2/t19-/m0/s1. The van der Waals surface area contributed by atoms with E-state index in [2.05, 4.69) is 5.32 Å². The van der Waals surface area contributed by atoms with Crippen molar-refractivity contribution in [2.24, 2.45) is 0 Å². The third-order valence-corrected chi connectivity index (χ3v) is 6.01. The van der Waals surface area contributed by atoms with Crippen LogP contribution in [0.25, 0.3) is 10.8 Å². The first kappa shape index (κ1) is 15.8. The second kappa shape index (κ2) is 6.32. The third-order valence-electron chi connectivity index (χ3n) is 4.12. The average Bonchev–Trinajstić information content (AvgIpc) is 2.59. The van der Waals surface area contributed by atoms with E-state index in [1.807, 2.05) is 48.5 Å². The van der Waals surface area contributed by atoms with Crippen molar-refractivity contribution >= 4 is 57.2 Å². The second-order valence-corrected chi connectivity index (χ2v) is 7.55. The van der Waals surface area contributed by atoms with Gasteiger partial charge in [0.15, 0.2) is 5.78 Å². The Labute approximate surface area is 154 Å². The van der Waals surface area contributed by atoms with Crippen LogP contribution in [0.15, 0.2) is 54.6 Å². The van der Waals surface area contributed by atoms with E-state index in [-0.39, 0.29) is 11.2 Å². The third kappa shape index (κ3) is 2.77. The van der Waals surface area contributed by atoms with Crippen LogP contribution in [0.3, 0.4) is 0 Å². The number of anilines is 1. The number of carbonyl (C=O) groups is 1. The minimum Gasteiger partial charge on any atom is -0.369 e. The highest BCUT2D eigenvalue weighted by Gasteiger charge is 2.22. The number of thioether (sulfide) groups is 1. The fourth-order valence-corrected chi connectivity index (χ4v) is 4.30. The summed E-state index contributed by atoms with van der Waals surface area (Å²) in [6, 6.07) is 17.5. The maximum absolute atomic E-state index is 12.6. The quantitative estimate of drug-likeness (QED) is 0.551. The summed E-state index contributed by atoms with van der Waals surface area (Å²) in [6.45, 7) is 0. The van der Waals surface area contributed by atoms with Gasteiger partial charge in [0.25, 0.3) is 0 Å². The molecule has 3 aromatic carbocycles. The molecule has 0 saturated carbocycles. The molecule has 1 N–H and O–H groups in total. The van der Waals surface area contributed by atoms with E-state index in [0.29, 0.717) is 15.8 Å². The van der Waals surface area contributed by atoms with Crippen LogP contribution in [0.1, 0.15) is 21.3 Å². The van der Waals surface area contributed by atoms with E-state index in [4.69, 9.17) is 23.2 Å². The molecule has 2 nitrogen and oxygen atoms in total. The van der Waals surface area contributed by atoms with Crippen LogP contribution in [-0.2, 0) is 0 Å². The smallest absolute Gasteiger partial charge is 0.173 e. The van der Waals surface area contributed by atoms with Crippen molar-refractivity contribution in [1.82, 2.24) is 0 Å². The second-order valence-electron chi connectivity index (χ2n) is 5.64. The Morgan fingerprint density at radius 1 is 1.00 bits per heavy atom. The zero-order chi connectivity index (χ0) is 16.7. The SMILES string of the molecule is O=C1CS[C@@H](c2ccc(Cl)c(Cl)c2)Nc2cccc3cccc1c23. The van der Waals surface area contributed by atoms with Crippen LogP contribution in [0.2, 0.25) is 10.0 Å². The summed E-state index contributed by atoms with van der Waals surface area (Å²) in [5.74, 6) is 0.551. The Morgan fingerprint density at radius 3 is 2.58 bits per heavy atom. The molecule has 1 aliphatic rings. The highest BCUT2D eigenvalue weighted by atomic mass is 35.5. The average molecular weight is 374 g/mol. The topological polar surface area (TPSA) is 29.1 Å². The van der Waals surface area contributed by atoms with Gasteiger partial charge in [0.05, 0.1) is 21.2 Å². The highest BCUT2D eigenvalue weighted by molar-refractivity contribution is 8.00. The van der Waals surface area contributed by atoms with Crippen LogP contribution in [0.4, 0.5) is 5.69 Å². The maximum atomic E-state index is 12.6. The molecule has 1 heterocycles. The predicted molar refractivity (Wildman–Crippen MR) is 104 cm³/mol. The lowest BCUT2D eigenvalue weighted by atomic mass is 10.00. The van der Waals surface area contributed by atoms with Gasteiger partial charge in [-0.3, -0.25) is 4.79 Å². The van der Waals surface area contributed by atoms with E-state index in [0.717, 1.165) is 27.6 Å². The van der Waals surface area contributed by atoms with E-state index in [9.17, 15) is 4.79 Å². The minimum atomic E-state index is -0.0670. The Morgan fingerprint density at radius 2 is 1.79 bits per heavy atom. The number of hydrogen-bond donors (Lipinski definition) is 1. The first-order valence-corrected chi connectivity index (χ1v) is 9.32. The van der Waals surface area contributed by atoms with E-state index >= 15 is 0 Å². The van der Waals surface area contributed by atoms with Gasteiger partial charge in [-0.2, -0.15) is 0 Å². The molecule has 0 aromatic heterocycles. The van der Waals surface area contributed by atoms with Gasteiger partial charge in [0.2, 0.25) is 0 Å². The van der Waals surface area contributed by atoms with Gasteiger partial charge in [-0.05, 0) is 29.1 Å². The fourth-order valence-electron chi connectivity index (χ4n) is 2.97. The summed E-state index contributed by atoms with van der Waals surface area (Å²) in [7, 11) is 0. The molecule has 120 valence electrons. The molecule has 24 heavy (non-hydrogen) atoms. The summed E-state index contributed by atoms with van der Waals surface area (Å²) < 4.78 is 0. The summed E-state index contributed by atoms with van der Waals surface area (Å²) in [6.07, 6.45) is 0. The molecule has 3 aromatic rings. The van der Waals surface area contributed by atoms with Crippen molar-refractivity contribution in [3.8, 4) is 0 Å². The number of Topliss-reactive ketones (excluding diaryl/α,β-unsaturated/α-hetero) is 1. The van der Waals surface area contributed by atoms with Crippen LogP contribution >= 0.6 is 35.0 Å². The number of ketones is 1. The van der Waals surface area contributed by atoms with Crippen molar-refractivity contribution in [2.45, 2.75) is 5.37 Å². The van der Waals surface area contributed by atoms with Gasteiger partial charge in [0.1, 0.15) is 0 Å². The Kier molecular flexibility index (Phi) is 4.17. The highest BCUT2D eigenvalue weighted by Crippen LogP contribution is 2.39. The monoisotopic (exact) mass is 373 g/mol. The van der Waals surface area contributed by atoms with Crippen molar-refractivity contribution in [3.63, 3.8) is 0 Å². The van der Waals surface area contributed by atoms with Crippen LogP contribution in [0, 0.1) is 0 Å². The molecule has 0 saturated heterocycles. The lowest BCUT2D eigenvalue weighted by Crippen LogP contribution is -2.15. The van der Waals surface area contributed by atoms with E-state index in [1.54, 1.807) is 17.8 Å². The predicted octanol–water partition coefficient (Wildman–Crippen LogP) is 6.19. The van der Waals surface area contributed by atoms with Gasteiger partial charge in [0, 0.05) is 16.6 Å². The number of rotatable bonds is 1. The largest absolute Gasteiger partial charge is 0.369 e. The van der Waals surface area contributed by atoms with E-state index < -0.39 is 0 Å². The van der Waals surface area contributed by atoms with Gasteiger partial charge in [-0.1, -0.05) is 59.6 Å². The zero-order valence-corrected chi connectivity index (χ0v) is 14.9. The van der Waals surface area contributed by atoms with Gasteiger partial charge in [-0.15, -0.1) is 11.8 Å². The van der Waals surface area contributed by atoms with Gasteiger partial charge < -0.3 is 5.32 Å². The number of benzene rings is 3. The van der Waals surface area contributed by atoms with Gasteiger partial charge in [-0.25, -0.2) is 0 Å². The van der Waals surface area contributed by atoms with Crippen LogP contribution in [-0.4, -0.2) is 11.5 Å². The molecule has 0 aliphatic carbocycles. The Hall–Kier alpha value is -1.68. The first-order valence-electron chi connectivity index (χ1n) is 7.51. The minimum absolute atomic E-state index is 0.0670. The van der Waals surface area contributed by atoms with Crippen LogP contribution in [0.5, 0.6) is 0 Å². The maximum Gasteiger partial charge on any atom is 0.173 e. The molecule has 1 atom stereocenters. The van der Waals surface area contributed by atoms with Gasteiger partial charge >= 0.3 is 0 Å². The molecule has 5 heteroatoms. The Balaban J connectivity index is 1.85. The molecule has 0 unspecified atom stereocenters. The van der Waals surface area contributed by atoms with Crippen molar-refractivity contribution in [1.29, 1.82) is 0 Å². The summed E-state index contributed by atoms with van der Waals surface area (Å²) in [5, 5.41) is 6.58. The fraction of sp³-hybridized carbons (Fsp3) is 0.105. The summed E-state index contributed by atoms with van der Waals surface area (Å²) in [4.78, 5) is 12.6. The molecule has 0 amide bonds. The van der Waals surface area contributed by atoms with E-state index in [1.165, 1.54) is 0 Å². The molecule has 0 radical (unpaired) electrons. The lowest BCUT2D eigenvalue weighted by molar-refractivity contribution is 0.102. The van der Waals surface area contributed by atoms with Crippen molar-refractivity contribution in [3.05, 3.63) is 75.8 Å². The molecule has 1 aliphatic heterocycles. The zero-order valence-electron chi connectivity index (χ0n) is 12.6. The lowest BCUT2D eigenvalue weighted by Gasteiger charge is -2.24. The summed E-state index contributed by atoms with van der Waals surface area (Å²) in [5.41, 5.74) is 2.73. The number of carbonyl (C=O) groups excluding carboxylic acids is 1. The molecule has 0 bridgehead atoms. The first-order chi connectivity index (χ1) is 11.6. The van der Waals surface area contributed by atoms with Crippen LogP contribution < -0.4 is 5.32 Å². The molecule has 0 fully saturated rings. The molecular formula is C19H13Cl2NOS. The number of hydrogen-bond acceptors (Lipinski definition) is 3. The number of halogens is 2. The summed E-state index contributed by atoms with van der Waals surface area (Å²) >= 11 is 13.7. The molecule has 4 rings (SSSR count). The van der Waals surface area contributed by atoms with Crippen molar-refractivity contribution in [2.75, 3.05) is 11.1 Å². The normalized spacial score (nSPS) is 17.2. The number of nitrogens with one attached hydrogen (secondary N) is 1. The molecule has 0 spiro atoms.